The number of amides is 7. The highest BCUT2D eigenvalue weighted by Gasteiger charge is 2.52. The zero-order valence-electron chi connectivity index (χ0n) is 40.6. The second kappa shape index (κ2) is 23.9. The lowest BCUT2D eigenvalue weighted by atomic mass is 9.89. The number of piperidine rings is 1. The molecule has 5 rings (SSSR count). The number of unbranched alkanes of at least 4 members (excludes halogenated alkanes) is 2. The molecule has 3 N–H and O–H groups in total. The van der Waals surface area contributed by atoms with Crippen LogP contribution in [0.5, 0.6) is 0 Å². The molecule has 3 fully saturated rings. The van der Waals surface area contributed by atoms with E-state index in [1.165, 1.54) is 24.2 Å². The van der Waals surface area contributed by atoms with Crippen molar-refractivity contribution < 1.29 is 48.1 Å². The van der Waals surface area contributed by atoms with Gasteiger partial charge in [-0.25, -0.2) is 0 Å². The molecule has 2 saturated heterocycles. The number of benzene rings is 1. The molecule has 0 radical (unpaired) electrons. The number of nitrogens with zero attached hydrogens (tertiary/aromatic N) is 4. The van der Waals surface area contributed by atoms with Gasteiger partial charge >= 0.3 is 0 Å². The molecular formula is C50H76N6O10. The van der Waals surface area contributed by atoms with Crippen LogP contribution in [-0.4, -0.2) is 149 Å². The van der Waals surface area contributed by atoms with Gasteiger partial charge in [-0.05, 0) is 75.2 Å². The van der Waals surface area contributed by atoms with Gasteiger partial charge in [-0.1, -0.05) is 77.8 Å². The molecule has 1 saturated carbocycles. The predicted octanol–water partition coefficient (Wildman–Crippen LogP) is 4.15. The molecule has 1 aromatic carbocycles. The van der Waals surface area contributed by atoms with E-state index in [9.17, 15) is 38.7 Å². The van der Waals surface area contributed by atoms with Crippen LogP contribution in [-0.2, 0) is 43.0 Å². The van der Waals surface area contributed by atoms with E-state index in [4.69, 9.17) is 9.47 Å². The van der Waals surface area contributed by atoms with Crippen LogP contribution in [0.15, 0.2) is 42.5 Å². The van der Waals surface area contributed by atoms with Crippen molar-refractivity contribution >= 4 is 41.4 Å². The number of hydrogen-bond acceptors (Lipinski definition) is 10. The topological polar surface area (TPSA) is 195 Å². The standard InChI is InChI=1S/C50H76N6O10/c1-10-31(4)44(38(65-8)29-42(60)54-27-17-20-37(54)47(66-9)32(5)48(62)51-33(6)46(61)34-18-13-11-14-19-34)53(7)50(64)43(30(2)3)52-49(63)45-35-22-23-36(28-35)56(45)41(59)21-15-12-16-26-55-39(57)24-25-40(55)58/h11,13-14,18-19,24-25,30-33,35-38,43-47,61H,10,12,15-17,20-23,26-29H2,1-9H3,(H,51,62)(H,52,63)/t31-,32+,33+,35?,36-,37-,38+,43-,44-,45-,46+,47+/m0/s1. The van der Waals surface area contributed by atoms with Crippen molar-refractivity contribution in [1.82, 2.24) is 30.2 Å². The van der Waals surface area contributed by atoms with E-state index < -0.39 is 48.4 Å². The maximum absolute atomic E-state index is 14.7. The minimum absolute atomic E-state index is 0.00313. The van der Waals surface area contributed by atoms with Crippen molar-refractivity contribution in [2.45, 2.75) is 167 Å². The summed E-state index contributed by atoms with van der Waals surface area (Å²) in [5, 5.41) is 16.9. The highest BCUT2D eigenvalue weighted by Crippen LogP contribution is 2.43. The van der Waals surface area contributed by atoms with Gasteiger partial charge in [0.1, 0.15) is 12.1 Å². The maximum Gasteiger partial charge on any atom is 0.253 e. The molecule has 1 aromatic rings. The smallest absolute Gasteiger partial charge is 0.253 e. The van der Waals surface area contributed by atoms with E-state index in [-0.39, 0.29) is 84.0 Å². The molecule has 7 amide bonds. The van der Waals surface area contributed by atoms with Gasteiger partial charge in [0.25, 0.3) is 11.8 Å². The van der Waals surface area contributed by atoms with Crippen LogP contribution in [0.3, 0.4) is 0 Å². The molecule has 3 aliphatic heterocycles. The lowest BCUT2D eigenvalue weighted by molar-refractivity contribution is -0.149. The summed E-state index contributed by atoms with van der Waals surface area (Å²) in [6, 6.07) is 6.03. The average molecular weight is 921 g/mol. The molecule has 366 valence electrons. The first-order valence-corrected chi connectivity index (χ1v) is 24.3. The fraction of sp³-hybridized carbons (Fsp3) is 0.700. The molecule has 1 aliphatic carbocycles. The third-order valence-corrected chi connectivity index (χ3v) is 14.8. The van der Waals surface area contributed by atoms with Gasteiger partial charge in [0.05, 0.1) is 48.8 Å². The number of aliphatic hydroxyl groups is 1. The molecule has 0 spiro atoms. The van der Waals surface area contributed by atoms with Crippen molar-refractivity contribution in [3.05, 3.63) is 48.0 Å². The Morgan fingerprint density at radius 3 is 2.18 bits per heavy atom. The van der Waals surface area contributed by atoms with Crippen LogP contribution in [0, 0.1) is 23.7 Å². The molecule has 16 heteroatoms. The van der Waals surface area contributed by atoms with Gasteiger partial charge in [-0.15, -0.1) is 0 Å². The van der Waals surface area contributed by atoms with E-state index >= 15 is 0 Å². The van der Waals surface area contributed by atoms with Gasteiger partial charge in [0.15, 0.2) is 0 Å². The number of methoxy groups -OCH3 is 2. The molecule has 16 nitrogen and oxygen atoms in total. The number of fused-ring (bicyclic) bond motifs is 2. The molecule has 1 unspecified atom stereocenters. The number of likely N-dealkylation sites (tertiary alicyclic amines) is 2. The minimum atomic E-state index is -0.904. The summed E-state index contributed by atoms with van der Waals surface area (Å²) in [6.07, 6.45) is 6.76. The summed E-state index contributed by atoms with van der Waals surface area (Å²) in [4.78, 5) is 101. The van der Waals surface area contributed by atoms with Gasteiger partial charge < -0.3 is 39.9 Å². The number of ether oxygens (including phenoxy) is 2. The number of likely N-dealkylation sites (N-methyl/N-ethyl adjacent to an activating group) is 1. The highest BCUT2D eigenvalue weighted by molar-refractivity contribution is 6.12. The van der Waals surface area contributed by atoms with Crippen molar-refractivity contribution in [3.8, 4) is 0 Å². The van der Waals surface area contributed by atoms with E-state index in [0.717, 1.165) is 25.7 Å². The van der Waals surface area contributed by atoms with Gasteiger partial charge in [0.2, 0.25) is 29.5 Å². The first kappa shape index (κ1) is 52.3. The van der Waals surface area contributed by atoms with Crippen molar-refractivity contribution in [2.24, 2.45) is 23.7 Å². The third kappa shape index (κ3) is 12.1. The second-order valence-corrected chi connectivity index (χ2v) is 19.4. The fourth-order valence-electron chi connectivity index (χ4n) is 10.8. The predicted molar refractivity (Wildman–Crippen MR) is 248 cm³/mol. The summed E-state index contributed by atoms with van der Waals surface area (Å²) >= 11 is 0. The summed E-state index contributed by atoms with van der Waals surface area (Å²) in [7, 11) is 4.78. The second-order valence-electron chi connectivity index (χ2n) is 19.4. The van der Waals surface area contributed by atoms with Gasteiger partial charge in [-0.3, -0.25) is 38.5 Å². The first-order valence-electron chi connectivity index (χ1n) is 24.3. The maximum atomic E-state index is 14.7. The Labute approximate surface area is 391 Å². The van der Waals surface area contributed by atoms with Crippen LogP contribution in [0.2, 0.25) is 0 Å². The first-order chi connectivity index (χ1) is 31.4. The monoisotopic (exact) mass is 921 g/mol. The summed E-state index contributed by atoms with van der Waals surface area (Å²) in [6.45, 7) is 12.1. The summed E-state index contributed by atoms with van der Waals surface area (Å²) in [5.74, 6) is -2.90. The molecule has 66 heavy (non-hydrogen) atoms. The van der Waals surface area contributed by atoms with Gasteiger partial charge in [-0.2, -0.15) is 0 Å². The molecule has 4 aliphatic rings. The fourth-order valence-corrected chi connectivity index (χ4v) is 10.8. The number of carbonyl (C=O) groups is 7. The van der Waals surface area contributed by atoms with E-state index in [1.54, 1.807) is 42.7 Å². The highest BCUT2D eigenvalue weighted by atomic mass is 16.5. The number of imide groups is 1. The number of nitrogens with one attached hydrogen (secondary N) is 2. The zero-order valence-corrected chi connectivity index (χ0v) is 40.6. The minimum Gasteiger partial charge on any atom is -0.386 e. The average Bonchev–Trinajstić information content (AvgIpc) is 4.13. The van der Waals surface area contributed by atoms with Crippen LogP contribution >= 0.6 is 0 Å². The van der Waals surface area contributed by atoms with E-state index in [2.05, 4.69) is 10.6 Å². The van der Waals surface area contributed by atoms with Crippen molar-refractivity contribution in [3.63, 3.8) is 0 Å². The Morgan fingerprint density at radius 2 is 1.56 bits per heavy atom. The number of carbonyl (C=O) groups excluding carboxylic acids is 7. The van der Waals surface area contributed by atoms with Crippen molar-refractivity contribution in [1.29, 1.82) is 0 Å². The lowest BCUT2D eigenvalue weighted by Crippen LogP contribution is -2.60. The summed E-state index contributed by atoms with van der Waals surface area (Å²) < 4.78 is 12.0. The lowest BCUT2D eigenvalue weighted by Gasteiger charge is -2.41. The van der Waals surface area contributed by atoms with E-state index in [0.29, 0.717) is 50.8 Å². The van der Waals surface area contributed by atoms with Crippen LogP contribution in [0.25, 0.3) is 0 Å². The number of hydrogen-bond donors (Lipinski definition) is 3. The number of aliphatic hydroxyl groups excluding tert-OH is 1. The Hall–Kier alpha value is -4.67. The Morgan fingerprint density at radius 1 is 0.879 bits per heavy atom. The van der Waals surface area contributed by atoms with E-state index in [1.807, 2.05) is 58.0 Å². The Kier molecular flexibility index (Phi) is 18.9. The summed E-state index contributed by atoms with van der Waals surface area (Å²) in [5.41, 5.74) is 0.693. The largest absolute Gasteiger partial charge is 0.386 e. The molecule has 12 atom stereocenters. The number of rotatable bonds is 24. The van der Waals surface area contributed by atoms with Crippen LogP contribution in [0.4, 0.5) is 0 Å². The quantitative estimate of drug-likeness (QED) is 0.100. The zero-order chi connectivity index (χ0) is 48.4. The normalized spacial score (nSPS) is 24.0. The van der Waals surface area contributed by atoms with Crippen LogP contribution in [0.1, 0.15) is 124 Å². The van der Waals surface area contributed by atoms with Crippen molar-refractivity contribution in [2.75, 3.05) is 34.4 Å². The Bertz CT molecular complexity index is 1880. The molecule has 3 heterocycles. The molecule has 0 aromatic heterocycles. The molecular weight excluding hydrogens is 845 g/mol. The Balaban J connectivity index is 1.22. The third-order valence-electron chi connectivity index (χ3n) is 14.8. The SMILES string of the molecule is CC[C@H](C)[C@@H]([C@@H](CC(=O)N1CCC[C@H]1[C@H](OC)[C@@H](C)C(=O)N[C@H](C)[C@@H](O)c1ccccc1)OC)N(C)C(=O)[C@@H](NC(=O)[C@@H]1C2CC[C@@H](C2)N1C(=O)CCCCCN1C(=O)C=CC1=O)C(C)C. The van der Waals surface area contributed by atoms with Gasteiger partial charge in [0, 0.05) is 59.0 Å². The van der Waals surface area contributed by atoms with Crippen LogP contribution < -0.4 is 10.6 Å². The molecule has 2 bridgehead atoms.